The van der Waals surface area contributed by atoms with E-state index in [1.54, 1.807) is 34.6 Å². The molecular weight excluding hydrogens is 381 g/mol. The Kier molecular flexibility index (Phi) is 7.46. The van der Waals surface area contributed by atoms with E-state index in [9.17, 15) is 26.4 Å². The van der Waals surface area contributed by atoms with Crippen molar-refractivity contribution < 1.29 is 26.4 Å². The molecule has 27 heavy (non-hydrogen) atoms. The van der Waals surface area contributed by atoms with E-state index in [1.165, 1.54) is 28.6 Å². The van der Waals surface area contributed by atoms with Crippen LogP contribution in [-0.2, 0) is 10.0 Å². The summed E-state index contributed by atoms with van der Waals surface area (Å²) in [6, 6.07) is 5.02. The maximum atomic E-state index is 12.9. The van der Waals surface area contributed by atoms with Gasteiger partial charge in [0.15, 0.2) is 0 Å². The quantitative estimate of drug-likeness (QED) is 0.690. The number of carbonyl (C=O) groups is 1. The minimum atomic E-state index is -4.52. The van der Waals surface area contributed by atoms with Gasteiger partial charge in [-0.1, -0.05) is 34.6 Å². The third kappa shape index (κ3) is 6.80. The van der Waals surface area contributed by atoms with E-state index < -0.39 is 34.1 Å². The molecule has 0 aliphatic carbocycles. The molecule has 1 amide bonds. The van der Waals surface area contributed by atoms with Crippen LogP contribution in [0.2, 0.25) is 0 Å². The zero-order chi connectivity index (χ0) is 21.0. The van der Waals surface area contributed by atoms with Gasteiger partial charge < -0.3 is 4.90 Å². The summed E-state index contributed by atoms with van der Waals surface area (Å²) in [6.07, 6.45) is -4.52. The highest BCUT2D eigenvalue weighted by molar-refractivity contribution is 7.89. The van der Waals surface area contributed by atoms with Crippen molar-refractivity contribution in [3.8, 4) is 0 Å². The van der Waals surface area contributed by atoms with Crippen molar-refractivity contribution in [1.29, 1.82) is 0 Å². The van der Waals surface area contributed by atoms with E-state index in [4.69, 9.17) is 0 Å². The predicted molar refractivity (Wildman–Crippen MR) is 98.0 cm³/mol. The van der Waals surface area contributed by atoms with Crippen LogP contribution >= 0.6 is 0 Å². The normalized spacial score (nSPS) is 13.1. The van der Waals surface area contributed by atoms with Gasteiger partial charge in [0.25, 0.3) is 5.91 Å². The van der Waals surface area contributed by atoms with Gasteiger partial charge in [0, 0.05) is 25.2 Å². The van der Waals surface area contributed by atoms with E-state index in [-0.39, 0.29) is 17.0 Å². The molecule has 0 saturated heterocycles. The van der Waals surface area contributed by atoms with Gasteiger partial charge in [-0.2, -0.15) is 17.5 Å². The maximum absolute atomic E-state index is 12.9. The van der Waals surface area contributed by atoms with Gasteiger partial charge >= 0.3 is 6.18 Å². The third-order valence-electron chi connectivity index (χ3n) is 3.77. The van der Waals surface area contributed by atoms with E-state index in [0.29, 0.717) is 13.1 Å². The summed E-state index contributed by atoms with van der Waals surface area (Å²) in [5.41, 5.74) is -0.505. The van der Waals surface area contributed by atoms with Gasteiger partial charge in [-0.3, -0.25) is 4.79 Å². The molecule has 0 unspecified atom stereocenters. The maximum Gasteiger partial charge on any atom is 0.406 e. The number of benzene rings is 1. The van der Waals surface area contributed by atoms with Gasteiger partial charge in [0.2, 0.25) is 10.0 Å². The highest BCUT2D eigenvalue weighted by Crippen LogP contribution is 2.24. The van der Waals surface area contributed by atoms with Crippen LogP contribution in [0.25, 0.3) is 0 Å². The second-order valence-electron chi connectivity index (χ2n) is 7.45. The minimum Gasteiger partial charge on any atom is -0.329 e. The Bertz CT molecular complexity index is 719. The molecule has 1 aromatic carbocycles. The van der Waals surface area contributed by atoms with E-state index in [2.05, 4.69) is 0 Å². The van der Waals surface area contributed by atoms with Crippen LogP contribution in [0, 0.1) is 5.41 Å². The Hall–Kier alpha value is -1.61. The molecule has 0 spiro atoms. The molecule has 154 valence electrons. The van der Waals surface area contributed by atoms with Crippen LogP contribution in [0.5, 0.6) is 0 Å². The number of amides is 1. The summed E-state index contributed by atoms with van der Waals surface area (Å²) in [6.45, 7) is 7.79. The summed E-state index contributed by atoms with van der Waals surface area (Å²) in [7, 11) is -3.69. The molecule has 0 aliphatic heterocycles. The molecule has 1 rings (SSSR count). The molecule has 0 aliphatic rings. The lowest BCUT2D eigenvalue weighted by atomic mass is 9.95. The molecular formula is C18H27F3N2O3S. The minimum absolute atomic E-state index is 0.000873. The number of sulfonamides is 1. The molecule has 0 atom stereocenters. The fourth-order valence-corrected chi connectivity index (χ4v) is 4.11. The molecule has 0 aromatic heterocycles. The molecule has 0 heterocycles. The molecule has 9 heteroatoms. The second kappa shape index (κ2) is 8.60. The first-order chi connectivity index (χ1) is 12.2. The first-order valence-corrected chi connectivity index (χ1v) is 10.1. The second-order valence-corrected chi connectivity index (χ2v) is 9.39. The monoisotopic (exact) mass is 408 g/mol. The van der Waals surface area contributed by atoms with Gasteiger partial charge in [0.05, 0.1) is 4.90 Å². The Balaban J connectivity index is 3.15. The van der Waals surface area contributed by atoms with Crippen LogP contribution in [0.1, 0.15) is 45.0 Å². The van der Waals surface area contributed by atoms with Crippen LogP contribution in [0.15, 0.2) is 29.2 Å². The zero-order valence-corrected chi connectivity index (χ0v) is 17.1. The molecule has 0 bridgehead atoms. The summed E-state index contributed by atoms with van der Waals surface area (Å²) < 4.78 is 64.8. The average Bonchev–Trinajstić information content (AvgIpc) is 2.52. The Labute approximate surface area is 159 Å². The van der Waals surface area contributed by atoms with Crippen molar-refractivity contribution in [1.82, 2.24) is 9.21 Å². The standard InChI is InChI=1S/C18H27F3N2O3S/c1-6-23(7-2)27(25,26)15-10-8-14(9-11-15)16(24)22(12-17(3,4)5)13-18(19,20)21/h8-11H,6-7,12-13H2,1-5H3. The van der Waals surface area contributed by atoms with E-state index >= 15 is 0 Å². The number of alkyl halides is 3. The average molecular weight is 408 g/mol. The molecule has 0 radical (unpaired) electrons. The van der Waals surface area contributed by atoms with Crippen LogP contribution in [0.3, 0.4) is 0 Å². The van der Waals surface area contributed by atoms with E-state index in [0.717, 1.165) is 4.90 Å². The lowest BCUT2D eigenvalue weighted by Crippen LogP contribution is -2.43. The van der Waals surface area contributed by atoms with Gasteiger partial charge in [-0.15, -0.1) is 0 Å². The largest absolute Gasteiger partial charge is 0.406 e. The highest BCUT2D eigenvalue weighted by Gasteiger charge is 2.35. The van der Waals surface area contributed by atoms with Crippen molar-refractivity contribution in [3.05, 3.63) is 29.8 Å². The van der Waals surface area contributed by atoms with Crippen molar-refractivity contribution >= 4 is 15.9 Å². The zero-order valence-electron chi connectivity index (χ0n) is 16.3. The summed E-state index contributed by atoms with van der Waals surface area (Å²) >= 11 is 0. The van der Waals surface area contributed by atoms with Crippen molar-refractivity contribution in [2.45, 2.75) is 45.7 Å². The molecule has 0 fully saturated rings. The first-order valence-electron chi connectivity index (χ1n) is 8.67. The summed E-state index contributed by atoms with van der Waals surface area (Å²) in [5.74, 6) is -0.783. The summed E-state index contributed by atoms with van der Waals surface area (Å²) in [5, 5.41) is 0. The Morgan fingerprint density at radius 2 is 1.44 bits per heavy atom. The number of rotatable bonds is 7. The topological polar surface area (TPSA) is 57.7 Å². The number of hydrogen-bond acceptors (Lipinski definition) is 3. The Morgan fingerprint density at radius 1 is 0.963 bits per heavy atom. The van der Waals surface area contributed by atoms with Crippen LogP contribution < -0.4 is 0 Å². The van der Waals surface area contributed by atoms with Crippen LogP contribution in [0.4, 0.5) is 13.2 Å². The highest BCUT2D eigenvalue weighted by atomic mass is 32.2. The fourth-order valence-electron chi connectivity index (χ4n) is 2.65. The fraction of sp³-hybridized carbons (Fsp3) is 0.611. The summed E-state index contributed by atoms with van der Waals surface area (Å²) in [4.78, 5) is 13.3. The predicted octanol–water partition coefficient (Wildman–Crippen LogP) is 3.77. The lowest BCUT2D eigenvalue weighted by molar-refractivity contribution is -0.142. The van der Waals surface area contributed by atoms with Crippen LogP contribution in [-0.4, -0.2) is 55.9 Å². The van der Waals surface area contributed by atoms with Crippen molar-refractivity contribution in [3.63, 3.8) is 0 Å². The number of hydrogen-bond donors (Lipinski definition) is 0. The van der Waals surface area contributed by atoms with Gasteiger partial charge in [-0.25, -0.2) is 8.42 Å². The first kappa shape index (κ1) is 23.4. The molecule has 5 nitrogen and oxygen atoms in total. The smallest absolute Gasteiger partial charge is 0.329 e. The number of halogens is 3. The SMILES string of the molecule is CCN(CC)S(=O)(=O)c1ccc(C(=O)N(CC(C)(C)C)CC(F)(F)F)cc1. The van der Waals surface area contributed by atoms with Gasteiger partial charge in [-0.05, 0) is 29.7 Å². The lowest BCUT2D eigenvalue weighted by Gasteiger charge is -2.30. The molecule has 0 saturated carbocycles. The molecule has 1 aromatic rings. The van der Waals surface area contributed by atoms with Crippen molar-refractivity contribution in [2.24, 2.45) is 5.41 Å². The van der Waals surface area contributed by atoms with Gasteiger partial charge in [0.1, 0.15) is 6.54 Å². The number of nitrogens with zero attached hydrogens (tertiary/aromatic N) is 2. The number of carbonyl (C=O) groups excluding carboxylic acids is 1. The van der Waals surface area contributed by atoms with E-state index in [1.807, 2.05) is 0 Å². The third-order valence-corrected chi connectivity index (χ3v) is 5.83. The van der Waals surface area contributed by atoms with Crippen molar-refractivity contribution in [2.75, 3.05) is 26.2 Å². The Morgan fingerprint density at radius 3 is 1.81 bits per heavy atom. The molecule has 0 N–H and O–H groups in total.